The van der Waals surface area contributed by atoms with Gasteiger partial charge in [0.15, 0.2) is 0 Å². The van der Waals surface area contributed by atoms with Gasteiger partial charge in [-0.15, -0.1) is 0 Å². The van der Waals surface area contributed by atoms with Gasteiger partial charge in [-0.3, -0.25) is 19.3 Å². The van der Waals surface area contributed by atoms with Crippen LogP contribution in [0.25, 0.3) is 6.08 Å². The number of imide groups is 1. The standard InChI is InChI=1S/C19H12F3NO4S/c20-19(21,22)16(24)11-23-17(25)15(28-18(23)26)10-12-5-4-8-14(9-12)27-13-6-2-1-3-7-13/h1-10H,11H2/b15-10-. The van der Waals surface area contributed by atoms with Crippen LogP contribution < -0.4 is 4.74 Å². The lowest BCUT2D eigenvalue weighted by Crippen LogP contribution is -2.39. The number of hydrogen-bond acceptors (Lipinski definition) is 5. The third kappa shape index (κ3) is 4.61. The summed E-state index contributed by atoms with van der Waals surface area (Å²) in [6.45, 7) is -1.33. The SMILES string of the molecule is O=C1S/C(=C\c2cccc(Oc3ccccc3)c2)C(=O)N1CC(=O)C(F)(F)F. The Hall–Kier alpha value is -3.07. The molecule has 0 atom stereocenters. The van der Waals surface area contributed by atoms with Crippen LogP contribution in [0.15, 0.2) is 59.5 Å². The molecule has 0 aromatic heterocycles. The van der Waals surface area contributed by atoms with Crippen molar-refractivity contribution in [3.63, 3.8) is 0 Å². The van der Waals surface area contributed by atoms with E-state index in [2.05, 4.69) is 0 Å². The predicted molar refractivity (Wildman–Crippen MR) is 96.7 cm³/mol. The number of para-hydroxylation sites is 1. The second-order valence-corrected chi connectivity index (χ2v) is 6.67. The maximum atomic E-state index is 12.4. The van der Waals surface area contributed by atoms with E-state index in [9.17, 15) is 27.6 Å². The zero-order chi connectivity index (χ0) is 20.3. The third-order valence-corrected chi connectivity index (χ3v) is 4.53. The molecule has 1 fully saturated rings. The minimum Gasteiger partial charge on any atom is -0.457 e. The van der Waals surface area contributed by atoms with Gasteiger partial charge in [0.05, 0.1) is 11.4 Å². The number of ketones is 1. The van der Waals surface area contributed by atoms with Crippen molar-refractivity contribution < 1.29 is 32.3 Å². The number of rotatable bonds is 5. The van der Waals surface area contributed by atoms with Crippen LogP contribution in [0.3, 0.4) is 0 Å². The molecule has 28 heavy (non-hydrogen) atoms. The van der Waals surface area contributed by atoms with Crippen molar-refractivity contribution >= 4 is 34.8 Å². The monoisotopic (exact) mass is 407 g/mol. The molecule has 0 aliphatic carbocycles. The Morgan fingerprint density at radius 2 is 1.71 bits per heavy atom. The third-order valence-electron chi connectivity index (χ3n) is 3.63. The van der Waals surface area contributed by atoms with Crippen molar-refractivity contribution in [1.82, 2.24) is 4.90 Å². The van der Waals surface area contributed by atoms with E-state index in [1.54, 1.807) is 48.5 Å². The number of Topliss-reactive ketones (excluding diaryl/α,β-unsaturated/α-hetero) is 1. The van der Waals surface area contributed by atoms with E-state index in [0.717, 1.165) is 0 Å². The van der Waals surface area contributed by atoms with E-state index in [1.807, 2.05) is 6.07 Å². The van der Waals surface area contributed by atoms with Crippen molar-refractivity contribution in [2.24, 2.45) is 0 Å². The molecule has 0 N–H and O–H groups in total. The molecule has 0 unspecified atom stereocenters. The molecule has 5 nitrogen and oxygen atoms in total. The number of carbonyl (C=O) groups is 3. The zero-order valence-corrected chi connectivity index (χ0v) is 14.9. The summed E-state index contributed by atoms with van der Waals surface area (Å²) < 4.78 is 42.8. The number of amides is 2. The molecule has 144 valence electrons. The first-order chi connectivity index (χ1) is 13.2. The molecule has 0 radical (unpaired) electrons. The first kappa shape index (κ1) is 19.7. The lowest BCUT2D eigenvalue weighted by molar-refractivity contribution is -0.171. The van der Waals surface area contributed by atoms with Crippen LogP contribution in [-0.4, -0.2) is 34.6 Å². The highest BCUT2D eigenvalue weighted by molar-refractivity contribution is 8.18. The molecular weight excluding hydrogens is 395 g/mol. The Kier molecular flexibility index (Phi) is 5.55. The summed E-state index contributed by atoms with van der Waals surface area (Å²) in [4.78, 5) is 35.4. The molecule has 1 heterocycles. The number of ether oxygens (including phenoxy) is 1. The van der Waals surface area contributed by atoms with Crippen molar-refractivity contribution in [3.05, 3.63) is 65.1 Å². The molecule has 0 saturated carbocycles. The molecule has 1 saturated heterocycles. The topological polar surface area (TPSA) is 63.7 Å². The average molecular weight is 407 g/mol. The summed E-state index contributed by atoms with van der Waals surface area (Å²) in [5.74, 6) is -2.02. The molecule has 9 heteroatoms. The number of halogens is 3. The fourth-order valence-electron chi connectivity index (χ4n) is 2.31. The van der Waals surface area contributed by atoms with Crippen molar-refractivity contribution in [2.75, 3.05) is 6.54 Å². The Morgan fingerprint density at radius 1 is 1.04 bits per heavy atom. The van der Waals surface area contributed by atoms with Gasteiger partial charge in [-0.1, -0.05) is 30.3 Å². The Bertz CT molecular complexity index is 957. The maximum Gasteiger partial charge on any atom is 0.451 e. The second-order valence-electron chi connectivity index (χ2n) is 5.68. The average Bonchev–Trinajstić information content (AvgIpc) is 2.89. The van der Waals surface area contributed by atoms with Crippen LogP contribution in [0.2, 0.25) is 0 Å². The number of alkyl halides is 3. The van der Waals surface area contributed by atoms with Gasteiger partial charge in [0.1, 0.15) is 11.5 Å². The highest BCUT2D eigenvalue weighted by Gasteiger charge is 2.44. The molecule has 0 spiro atoms. The lowest BCUT2D eigenvalue weighted by Gasteiger charge is -2.12. The zero-order valence-electron chi connectivity index (χ0n) is 14.1. The summed E-state index contributed by atoms with van der Waals surface area (Å²) in [7, 11) is 0. The van der Waals surface area contributed by atoms with Crippen LogP contribution in [0, 0.1) is 0 Å². The van der Waals surface area contributed by atoms with Gasteiger partial charge in [0.25, 0.3) is 16.9 Å². The van der Waals surface area contributed by atoms with E-state index >= 15 is 0 Å². The fourth-order valence-corrected chi connectivity index (χ4v) is 3.15. The van der Waals surface area contributed by atoms with Gasteiger partial charge in [-0.2, -0.15) is 13.2 Å². The molecule has 2 aromatic carbocycles. The van der Waals surface area contributed by atoms with Crippen molar-refractivity contribution in [2.45, 2.75) is 6.18 Å². The minimum atomic E-state index is -5.11. The predicted octanol–water partition coefficient (Wildman–Crippen LogP) is 4.65. The van der Waals surface area contributed by atoms with E-state index in [0.29, 0.717) is 28.8 Å². The second kappa shape index (κ2) is 7.89. The molecule has 2 amide bonds. The highest BCUT2D eigenvalue weighted by Crippen LogP contribution is 2.33. The first-order valence-corrected chi connectivity index (χ1v) is 8.74. The van der Waals surface area contributed by atoms with E-state index in [4.69, 9.17) is 4.74 Å². The van der Waals surface area contributed by atoms with Gasteiger partial charge >= 0.3 is 6.18 Å². The Balaban J connectivity index is 1.77. The normalized spacial score (nSPS) is 16.0. The quantitative estimate of drug-likeness (QED) is 0.676. The van der Waals surface area contributed by atoms with Gasteiger partial charge in [0.2, 0.25) is 0 Å². The van der Waals surface area contributed by atoms with E-state index in [-0.39, 0.29) is 9.81 Å². The van der Waals surface area contributed by atoms with Gasteiger partial charge in [0, 0.05) is 0 Å². The first-order valence-electron chi connectivity index (χ1n) is 7.92. The molecular formula is C19H12F3NO4S. The van der Waals surface area contributed by atoms with Crippen LogP contribution >= 0.6 is 11.8 Å². The molecule has 1 aliphatic rings. The van der Waals surface area contributed by atoms with Crippen LogP contribution in [0.5, 0.6) is 11.5 Å². The number of hydrogen-bond donors (Lipinski definition) is 0. The largest absolute Gasteiger partial charge is 0.457 e. The highest BCUT2D eigenvalue weighted by atomic mass is 32.2. The number of thioether (sulfide) groups is 1. The summed E-state index contributed by atoms with van der Waals surface area (Å²) in [5, 5.41) is -0.925. The van der Waals surface area contributed by atoms with Gasteiger partial charge in [-0.05, 0) is 47.7 Å². The molecule has 1 aliphatic heterocycles. The van der Waals surface area contributed by atoms with E-state index in [1.165, 1.54) is 6.08 Å². The minimum absolute atomic E-state index is 0.0724. The Labute approximate surface area is 161 Å². The number of benzene rings is 2. The van der Waals surface area contributed by atoms with Crippen LogP contribution in [-0.2, 0) is 9.59 Å². The summed E-state index contributed by atoms with van der Waals surface area (Å²) in [6.07, 6.45) is -3.75. The summed E-state index contributed by atoms with van der Waals surface area (Å²) in [5.41, 5.74) is 0.515. The summed E-state index contributed by atoms with van der Waals surface area (Å²) >= 11 is 0.477. The molecule has 2 aromatic rings. The van der Waals surface area contributed by atoms with Crippen molar-refractivity contribution in [3.8, 4) is 11.5 Å². The van der Waals surface area contributed by atoms with Crippen LogP contribution in [0.1, 0.15) is 5.56 Å². The van der Waals surface area contributed by atoms with E-state index < -0.39 is 29.7 Å². The van der Waals surface area contributed by atoms with Crippen molar-refractivity contribution in [1.29, 1.82) is 0 Å². The smallest absolute Gasteiger partial charge is 0.451 e. The fraction of sp³-hybridized carbons (Fsp3) is 0.105. The lowest BCUT2D eigenvalue weighted by atomic mass is 10.2. The maximum absolute atomic E-state index is 12.4. The molecule has 0 bridgehead atoms. The number of carbonyl (C=O) groups excluding carboxylic acids is 3. The Morgan fingerprint density at radius 3 is 2.39 bits per heavy atom. The number of nitrogens with zero attached hydrogens (tertiary/aromatic N) is 1. The van der Waals surface area contributed by atoms with Gasteiger partial charge < -0.3 is 4.74 Å². The van der Waals surface area contributed by atoms with Crippen LogP contribution in [0.4, 0.5) is 18.0 Å². The summed E-state index contributed by atoms with van der Waals surface area (Å²) in [6, 6.07) is 15.6. The van der Waals surface area contributed by atoms with Gasteiger partial charge in [-0.25, -0.2) is 0 Å². The molecule has 3 rings (SSSR count).